The van der Waals surface area contributed by atoms with Crippen LogP contribution < -0.4 is 0 Å². The maximum atomic E-state index is 11.0. The monoisotopic (exact) mass is 208 g/mol. The SMILES string of the molecule is C=C(C)C(C)(C=CC(C)=O)C(CC)CC. The molecular formula is C14H24O. The number of rotatable bonds is 6. The summed E-state index contributed by atoms with van der Waals surface area (Å²) in [5.74, 6) is 0.666. The molecule has 0 saturated heterocycles. The topological polar surface area (TPSA) is 17.1 Å². The Bertz CT molecular complexity index is 259. The number of carbonyl (C=O) groups is 1. The molecule has 0 aromatic rings. The molecule has 0 aliphatic carbocycles. The van der Waals surface area contributed by atoms with E-state index in [1.54, 1.807) is 13.0 Å². The highest BCUT2D eigenvalue weighted by molar-refractivity contribution is 5.87. The fraction of sp³-hybridized carbons (Fsp3) is 0.643. The molecule has 1 unspecified atom stereocenters. The number of carbonyl (C=O) groups excluding carboxylic acids is 1. The molecule has 0 bridgehead atoms. The highest BCUT2D eigenvalue weighted by atomic mass is 16.1. The van der Waals surface area contributed by atoms with Gasteiger partial charge in [0.05, 0.1) is 0 Å². The zero-order valence-electron chi connectivity index (χ0n) is 10.8. The molecule has 86 valence electrons. The van der Waals surface area contributed by atoms with Gasteiger partial charge in [-0.1, -0.05) is 51.8 Å². The molecule has 0 radical (unpaired) electrons. The van der Waals surface area contributed by atoms with Crippen molar-refractivity contribution >= 4 is 5.78 Å². The van der Waals surface area contributed by atoms with Crippen molar-refractivity contribution in [1.82, 2.24) is 0 Å². The predicted octanol–water partition coefficient (Wildman–Crippen LogP) is 4.15. The van der Waals surface area contributed by atoms with Crippen LogP contribution in [-0.4, -0.2) is 5.78 Å². The third kappa shape index (κ3) is 3.65. The first-order valence-corrected chi connectivity index (χ1v) is 5.74. The smallest absolute Gasteiger partial charge is 0.152 e. The van der Waals surface area contributed by atoms with Crippen LogP contribution in [0.2, 0.25) is 0 Å². The molecule has 1 atom stereocenters. The van der Waals surface area contributed by atoms with Crippen LogP contribution in [-0.2, 0) is 4.79 Å². The molecule has 0 amide bonds. The highest BCUT2D eigenvalue weighted by Gasteiger charge is 2.29. The Labute approximate surface area is 94.3 Å². The molecule has 0 aliphatic rings. The summed E-state index contributed by atoms with van der Waals surface area (Å²) in [5, 5.41) is 0. The maximum absolute atomic E-state index is 11.0. The summed E-state index contributed by atoms with van der Waals surface area (Å²) in [5.41, 5.74) is 1.09. The van der Waals surface area contributed by atoms with Crippen LogP contribution in [0.3, 0.4) is 0 Å². The number of hydrogen-bond donors (Lipinski definition) is 0. The largest absolute Gasteiger partial charge is 0.295 e. The molecule has 0 saturated carbocycles. The second kappa shape index (κ2) is 5.89. The molecule has 0 rings (SSSR count). The Morgan fingerprint density at radius 2 is 1.80 bits per heavy atom. The normalized spacial score (nSPS) is 15.6. The van der Waals surface area contributed by atoms with E-state index >= 15 is 0 Å². The first kappa shape index (κ1) is 14.2. The minimum atomic E-state index is -0.0465. The lowest BCUT2D eigenvalue weighted by Crippen LogP contribution is -2.25. The van der Waals surface area contributed by atoms with Gasteiger partial charge in [-0.3, -0.25) is 4.79 Å². The van der Waals surface area contributed by atoms with Crippen LogP contribution in [0.5, 0.6) is 0 Å². The van der Waals surface area contributed by atoms with E-state index in [0.29, 0.717) is 5.92 Å². The van der Waals surface area contributed by atoms with E-state index < -0.39 is 0 Å². The number of hydrogen-bond acceptors (Lipinski definition) is 1. The quantitative estimate of drug-likeness (QED) is 0.473. The van der Waals surface area contributed by atoms with Gasteiger partial charge in [0.25, 0.3) is 0 Å². The van der Waals surface area contributed by atoms with Gasteiger partial charge in [-0.25, -0.2) is 0 Å². The molecule has 0 fully saturated rings. The van der Waals surface area contributed by atoms with Gasteiger partial charge in [-0.05, 0) is 25.8 Å². The van der Waals surface area contributed by atoms with Crippen LogP contribution in [0.25, 0.3) is 0 Å². The Morgan fingerprint density at radius 1 is 1.33 bits per heavy atom. The first-order valence-electron chi connectivity index (χ1n) is 5.74. The highest BCUT2D eigenvalue weighted by Crippen LogP contribution is 2.39. The van der Waals surface area contributed by atoms with Crippen molar-refractivity contribution in [3.05, 3.63) is 24.3 Å². The van der Waals surface area contributed by atoms with Crippen molar-refractivity contribution in [2.75, 3.05) is 0 Å². The summed E-state index contributed by atoms with van der Waals surface area (Å²) in [6.45, 7) is 14.2. The second-order valence-corrected chi connectivity index (χ2v) is 4.52. The van der Waals surface area contributed by atoms with E-state index in [9.17, 15) is 4.79 Å². The molecule has 15 heavy (non-hydrogen) atoms. The van der Waals surface area contributed by atoms with Crippen molar-refractivity contribution in [2.45, 2.75) is 47.5 Å². The van der Waals surface area contributed by atoms with Crippen molar-refractivity contribution in [2.24, 2.45) is 11.3 Å². The molecular weight excluding hydrogens is 184 g/mol. The number of allylic oxidation sites excluding steroid dienone is 3. The fourth-order valence-corrected chi connectivity index (χ4v) is 2.05. The van der Waals surface area contributed by atoms with Crippen molar-refractivity contribution in [3.63, 3.8) is 0 Å². The maximum Gasteiger partial charge on any atom is 0.152 e. The van der Waals surface area contributed by atoms with Gasteiger partial charge in [-0.15, -0.1) is 0 Å². The van der Waals surface area contributed by atoms with E-state index in [1.807, 2.05) is 13.0 Å². The minimum Gasteiger partial charge on any atom is -0.295 e. The Morgan fingerprint density at radius 3 is 2.07 bits per heavy atom. The van der Waals surface area contributed by atoms with E-state index in [2.05, 4.69) is 27.4 Å². The molecule has 0 spiro atoms. The molecule has 0 aliphatic heterocycles. The lowest BCUT2D eigenvalue weighted by atomic mass is 9.69. The van der Waals surface area contributed by atoms with Crippen LogP contribution in [0.4, 0.5) is 0 Å². The van der Waals surface area contributed by atoms with Gasteiger partial charge in [0.2, 0.25) is 0 Å². The molecule has 0 N–H and O–H groups in total. The molecule has 0 aromatic carbocycles. The van der Waals surface area contributed by atoms with Crippen LogP contribution >= 0.6 is 0 Å². The number of ketones is 1. The second-order valence-electron chi connectivity index (χ2n) is 4.52. The van der Waals surface area contributed by atoms with Gasteiger partial charge >= 0.3 is 0 Å². The molecule has 0 heterocycles. The fourth-order valence-electron chi connectivity index (χ4n) is 2.05. The molecule has 0 aromatic heterocycles. The average Bonchev–Trinajstić information content (AvgIpc) is 2.16. The predicted molar refractivity (Wildman–Crippen MR) is 66.8 cm³/mol. The van der Waals surface area contributed by atoms with E-state index in [-0.39, 0.29) is 11.2 Å². The summed E-state index contributed by atoms with van der Waals surface area (Å²) in [6.07, 6.45) is 5.92. The zero-order chi connectivity index (χ0) is 12.1. The van der Waals surface area contributed by atoms with Gasteiger partial charge in [-0.2, -0.15) is 0 Å². The zero-order valence-corrected chi connectivity index (χ0v) is 10.8. The van der Waals surface area contributed by atoms with E-state index in [1.165, 1.54) is 0 Å². The summed E-state index contributed by atoms with van der Waals surface area (Å²) >= 11 is 0. The Hall–Kier alpha value is -0.850. The average molecular weight is 208 g/mol. The van der Waals surface area contributed by atoms with Crippen molar-refractivity contribution < 1.29 is 4.79 Å². The lowest BCUT2D eigenvalue weighted by molar-refractivity contribution is -0.112. The summed E-state index contributed by atoms with van der Waals surface area (Å²) in [4.78, 5) is 11.0. The molecule has 1 heteroatoms. The van der Waals surface area contributed by atoms with E-state index in [4.69, 9.17) is 0 Å². The third-order valence-electron chi connectivity index (χ3n) is 3.42. The van der Waals surface area contributed by atoms with Crippen molar-refractivity contribution in [1.29, 1.82) is 0 Å². The summed E-state index contributed by atoms with van der Waals surface area (Å²) in [6, 6.07) is 0. The standard InChI is InChI=1S/C14H24O/c1-7-13(8-2)14(6,11(3)4)10-9-12(5)15/h9-10,13H,3,7-8H2,1-2,4-6H3. The van der Waals surface area contributed by atoms with Gasteiger partial charge < -0.3 is 0 Å². The summed E-state index contributed by atoms with van der Waals surface area (Å²) in [7, 11) is 0. The molecule has 1 nitrogen and oxygen atoms in total. The summed E-state index contributed by atoms with van der Waals surface area (Å²) < 4.78 is 0. The van der Waals surface area contributed by atoms with Crippen LogP contribution in [0.15, 0.2) is 24.3 Å². The van der Waals surface area contributed by atoms with Crippen LogP contribution in [0, 0.1) is 11.3 Å². The Balaban J connectivity index is 5.04. The minimum absolute atomic E-state index is 0.0465. The lowest BCUT2D eigenvalue weighted by Gasteiger charge is -2.35. The van der Waals surface area contributed by atoms with Gasteiger partial charge in [0.1, 0.15) is 0 Å². The van der Waals surface area contributed by atoms with Crippen molar-refractivity contribution in [3.8, 4) is 0 Å². The van der Waals surface area contributed by atoms with Gasteiger partial charge in [0, 0.05) is 5.41 Å². The van der Waals surface area contributed by atoms with E-state index in [0.717, 1.165) is 18.4 Å². The van der Waals surface area contributed by atoms with Gasteiger partial charge in [0.15, 0.2) is 5.78 Å². The Kier molecular flexibility index (Phi) is 5.56. The van der Waals surface area contributed by atoms with Crippen LogP contribution in [0.1, 0.15) is 47.5 Å². The third-order valence-corrected chi connectivity index (χ3v) is 3.42. The first-order chi connectivity index (χ1) is 6.88.